The molecule has 4 nitrogen and oxygen atoms in total. The fourth-order valence-electron chi connectivity index (χ4n) is 2.30. The summed E-state index contributed by atoms with van der Waals surface area (Å²) in [6.45, 7) is 1.87. The van der Waals surface area contributed by atoms with Crippen molar-refractivity contribution in [3.8, 4) is 0 Å². The molecule has 2 aromatic carbocycles. The van der Waals surface area contributed by atoms with Crippen molar-refractivity contribution < 1.29 is 9.90 Å². The summed E-state index contributed by atoms with van der Waals surface area (Å²) in [5.74, 6) is -0.945. The van der Waals surface area contributed by atoms with Crippen molar-refractivity contribution in [3.63, 3.8) is 0 Å². The molecule has 3 aromatic rings. The number of benzene rings is 2. The smallest absolute Gasteiger partial charge is 0.337 e. The van der Waals surface area contributed by atoms with E-state index in [2.05, 4.69) is 10.3 Å². The largest absolute Gasteiger partial charge is 0.478 e. The number of hydrogen-bond donors (Lipinski definition) is 2. The highest BCUT2D eigenvalue weighted by Crippen LogP contribution is 2.27. The Morgan fingerprint density at radius 2 is 1.95 bits per heavy atom. The van der Waals surface area contributed by atoms with Crippen LogP contribution in [0.1, 0.15) is 15.9 Å². The third-order valence-corrected chi connectivity index (χ3v) is 3.32. The molecule has 0 atom stereocenters. The summed E-state index contributed by atoms with van der Waals surface area (Å²) in [5, 5.41) is 13.5. The Balaban J connectivity index is 2.09. The van der Waals surface area contributed by atoms with Crippen molar-refractivity contribution in [1.82, 2.24) is 4.98 Å². The number of aromatic nitrogens is 1. The van der Waals surface area contributed by atoms with Crippen LogP contribution in [-0.2, 0) is 0 Å². The summed E-state index contributed by atoms with van der Waals surface area (Å²) in [5.41, 5.74) is 3.45. The van der Waals surface area contributed by atoms with Gasteiger partial charge in [0.1, 0.15) is 0 Å². The SMILES string of the molecule is Cc1ccc(Nc2cccc3ncccc23)c(C(=O)O)c1. The van der Waals surface area contributed by atoms with E-state index in [4.69, 9.17) is 0 Å². The second-order valence-electron chi connectivity index (χ2n) is 4.85. The van der Waals surface area contributed by atoms with Gasteiger partial charge in [0.25, 0.3) is 0 Å². The van der Waals surface area contributed by atoms with Crippen LogP contribution in [-0.4, -0.2) is 16.1 Å². The first-order valence-corrected chi connectivity index (χ1v) is 6.60. The van der Waals surface area contributed by atoms with Crippen LogP contribution in [0.2, 0.25) is 0 Å². The van der Waals surface area contributed by atoms with Gasteiger partial charge in [0.2, 0.25) is 0 Å². The molecule has 0 unspecified atom stereocenters. The number of nitrogens with zero attached hydrogens (tertiary/aromatic N) is 1. The van der Waals surface area contributed by atoms with Crippen LogP contribution < -0.4 is 5.32 Å². The predicted molar refractivity (Wildman–Crippen MR) is 83.2 cm³/mol. The maximum absolute atomic E-state index is 11.4. The van der Waals surface area contributed by atoms with Gasteiger partial charge >= 0.3 is 5.97 Å². The number of hydrogen-bond acceptors (Lipinski definition) is 3. The van der Waals surface area contributed by atoms with Gasteiger partial charge in [0.15, 0.2) is 0 Å². The number of fused-ring (bicyclic) bond motifs is 1. The lowest BCUT2D eigenvalue weighted by atomic mass is 10.1. The van der Waals surface area contributed by atoms with Gasteiger partial charge in [-0.1, -0.05) is 17.7 Å². The number of carbonyl (C=O) groups is 1. The maximum atomic E-state index is 11.4. The van der Waals surface area contributed by atoms with Crippen LogP contribution in [0.4, 0.5) is 11.4 Å². The van der Waals surface area contributed by atoms with Crippen molar-refractivity contribution in [1.29, 1.82) is 0 Å². The standard InChI is InChI=1S/C17H14N2O2/c1-11-7-8-16(13(10-11)17(20)21)19-15-6-2-5-14-12(15)4-3-9-18-14/h2-10,19H,1H3,(H,20,21). The predicted octanol–water partition coefficient (Wildman–Crippen LogP) is 3.99. The van der Waals surface area contributed by atoms with Crippen molar-refractivity contribution in [3.05, 3.63) is 65.9 Å². The van der Waals surface area contributed by atoms with Crippen LogP contribution in [0, 0.1) is 6.92 Å². The summed E-state index contributed by atoms with van der Waals surface area (Å²) >= 11 is 0. The molecule has 0 spiro atoms. The van der Waals surface area contributed by atoms with Gasteiger partial charge in [-0.25, -0.2) is 4.79 Å². The molecule has 3 rings (SSSR count). The minimum atomic E-state index is -0.945. The van der Waals surface area contributed by atoms with E-state index in [1.54, 1.807) is 18.3 Å². The highest BCUT2D eigenvalue weighted by molar-refractivity contribution is 5.98. The molecule has 1 heterocycles. The van der Waals surface area contributed by atoms with Crippen LogP contribution >= 0.6 is 0 Å². The summed E-state index contributed by atoms with van der Waals surface area (Å²) in [4.78, 5) is 15.7. The van der Waals surface area contributed by atoms with E-state index >= 15 is 0 Å². The second kappa shape index (κ2) is 5.25. The molecular formula is C17H14N2O2. The Morgan fingerprint density at radius 1 is 1.10 bits per heavy atom. The van der Waals surface area contributed by atoms with E-state index in [1.165, 1.54) is 0 Å². The third kappa shape index (κ3) is 2.56. The lowest BCUT2D eigenvalue weighted by Gasteiger charge is -2.12. The molecule has 104 valence electrons. The summed E-state index contributed by atoms with van der Waals surface area (Å²) in [6, 6.07) is 14.9. The van der Waals surface area contributed by atoms with Crippen molar-refractivity contribution in [2.45, 2.75) is 6.92 Å². The Labute approximate surface area is 122 Å². The van der Waals surface area contributed by atoms with E-state index < -0.39 is 5.97 Å². The average Bonchev–Trinajstić information content (AvgIpc) is 2.49. The Bertz CT molecular complexity index is 823. The first kappa shape index (κ1) is 13.1. The molecule has 0 fully saturated rings. The number of aryl methyl sites for hydroxylation is 1. The van der Waals surface area contributed by atoms with E-state index in [0.29, 0.717) is 5.69 Å². The lowest BCUT2D eigenvalue weighted by Crippen LogP contribution is -2.03. The molecule has 0 aliphatic rings. The second-order valence-corrected chi connectivity index (χ2v) is 4.85. The molecule has 2 N–H and O–H groups in total. The van der Waals surface area contributed by atoms with Gasteiger partial charge in [0.05, 0.1) is 16.8 Å². The Hall–Kier alpha value is -2.88. The van der Waals surface area contributed by atoms with Crippen LogP contribution in [0.25, 0.3) is 10.9 Å². The van der Waals surface area contributed by atoms with E-state index in [-0.39, 0.29) is 5.56 Å². The number of rotatable bonds is 3. The summed E-state index contributed by atoms with van der Waals surface area (Å²) < 4.78 is 0. The monoisotopic (exact) mass is 278 g/mol. The van der Waals surface area contributed by atoms with Crippen LogP contribution in [0.3, 0.4) is 0 Å². The topological polar surface area (TPSA) is 62.2 Å². The molecule has 0 amide bonds. The fraction of sp³-hybridized carbons (Fsp3) is 0.0588. The minimum absolute atomic E-state index is 0.260. The summed E-state index contributed by atoms with van der Waals surface area (Å²) in [6.07, 6.45) is 1.74. The van der Waals surface area contributed by atoms with Gasteiger partial charge in [-0.2, -0.15) is 0 Å². The number of anilines is 2. The van der Waals surface area contributed by atoms with E-state index in [0.717, 1.165) is 22.2 Å². The highest BCUT2D eigenvalue weighted by Gasteiger charge is 2.11. The lowest BCUT2D eigenvalue weighted by molar-refractivity contribution is 0.0698. The molecule has 0 aliphatic heterocycles. The quantitative estimate of drug-likeness (QED) is 0.760. The number of pyridine rings is 1. The highest BCUT2D eigenvalue weighted by atomic mass is 16.4. The minimum Gasteiger partial charge on any atom is -0.478 e. The van der Waals surface area contributed by atoms with Gasteiger partial charge in [0, 0.05) is 17.3 Å². The zero-order valence-corrected chi connectivity index (χ0v) is 11.5. The van der Waals surface area contributed by atoms with Crippen molar-refractivity contribution in [2.75, 3.05) is 5.32 Å². The zero-order valence-electron chi connectivity index (χ0n) is 11.5. The molecule has 0 bridgehead atoms. The maximum Gasteiger partial charge on any atom is 0.337 e. The fourth-order valence-corrected chi connectivity index (χ4v) is 2.30. The van der Waals surface area contributed by atoms with Gasteiger partial charge in [-0.3, -0.25) is 4.98 Å². The summed E-state index contributed by atoms with van der Waals surface area (Å²) in [7, 11) is 0. The van der Waals surface area contributed by atoms with Crippen molar-refractivity contribution >= 4 is 28.2 Å². The third-order valence-electron chi connectivity index (χ3n) is 3.32. The molecular weight excluding hydrogens is 264 g/mol. The number of carboxylic acid groups (broad SMARTS) is 1. The number of carboxylic acids is 1. The average molecular weight is 278 g/mol. The Kier molecular flexibility index (Phi) is 3.28. The molecule has 1 aromatic heterocycles. The number of aromatic carboxylic acids is 1. The Morgan fingerprint density at radius 3 is 2.76 bits per heavy atom. The normalized spacial score (nSPS) is 10.5. The van der Waals surface area contributed by atoms with Gasteiger partial charge in [-0.15, -0.1) is 0 Å². The zero-order chi connectivity index (χ0) is 14.8. The molecule has 0 saturated carbocycles. The van der Waals surface area contributed by atoms with Crippen molar-refractivity contribution in [2.24, 2.45) is 0 Å². The number of nitrogens with one attached hydrogen (secondary N) is 1. The van der Waals surface area contributed by atoms with E-state index in [9.17, 15) is 9.90 Å². The van der Waals surface area contributed by atoms with Crippen LogP contribution in [0.15, 0.2) is 54.7 Å². The van der Waals surface area contributed by atoms with Crippen LogP contribution in [0.5, 0.6) is 0 Å². The molecule has 4 heteroatoms. The molecule has 0 aliphatic carbocycles. The molecule has 0 saturated heterocycles. The van der Waals surface area contributed by atoms with Gasteiger partial charge in [-0.05, 0) is 43.3 Å². The van der Waals surface area contributed by atoms with Gasteiger partial charge < -0.3 is 10.4 Å². The molecule has 0 radical (unpaired) electrons. The van der Waals surface area contributed by atoms with E-state index in [1.807, 2.05) is 43.3 Å². The first-order valence-electron chi connectivity index (χ1n) is 6.60. The first-order chi connectivity index (χ1) is 10.1. The molecule has 21 heavy (non-hydrogen) atoms.